The molecule has 2 aromatic rings. The highest BCUT2D eigenvalue weighted by atomic mass is 19.1. The summed E-state index contributed by atoms with van der Waals surface area (Å²) >= 11 is 0. The summed E-state index contributed by atoms with van der Waals surface area (Å²) in [6, 6.07) is 5.09. The van der Waals surface area contributed by atoms with Crippen molar-refractivity contribution in [3.63, 3.8) is 0 Å². The highest BCUT2D eigenvalue weighted by Gasteiger charge is 2.14. The van der Waals surface area contributed by atoms with Crippen molar-refractivity contribution in [2.75, 3.05) is 6.61 Å². The van der Waals surface area contributed by atoms with E-state index in [1.54, 1.807) is 18.2 Å². The smallest absolute Gasteiger partial charge is 0.346 e. The van der Waals surface area contributed by atoms with Crippen molar-refractivity contribution in [3.8, 4) is 5.75 Å². The molecule has 0 atom stereocenters. The molecule has 0 aliphatic rings. The first-order chi connectivity index (χ1) is 12.7. The molecule has 0 unspecified atom stereocenters. The second-order valence-electron chi connectivity index (χ2n) is 6.57. The lowest BCUT2D eigenvalue weighted by molar-refractivity contribution is 0.309. The number of hydrogen-bond acceptors (Lipinski definition) is 3. The molecule has 0 saturated heterocycles. The van der Waals surface area contributed by atoms with Crippen LogP contribution in [0.1, 0.15) is 64.6 Å². The van der Waals surface area contributed by atoms with E-state index in [-0.39, 0.29) is 11.1 Å². The van der Waals surface area contributed by atoms with Crippen molar-refractivity contribution in [2.45, 2.75) is 65.2 Å². The molecule has 0 fully saturated rings. The molecule has 0 spiro atoms. The van der Waals surface area contributed by atoms with Crippen LogP contribution in [0.2, 0.25) is 0 Å². The van der Waals surface area contributed by atoms with Crippen molar-refractivity contribution in [1.29, 1.82) is 0 Å². The molecule has 1 heterocycles. The third-order valence-electron chi connectivity index (χ3n) is 4.44. The van der Waals surface area contributed by atoms with Gasteiger partial charge in [-0.2, -0.15) is 0 Å². The molecule has 4 heteroatoms. The Morgan fingerprint density at radius 2 is 1.92 bits per heavy atom. The van der Waals surface area contributed by atoms with Gasteiger partial charge in [0.1, 0.15) is 11.1 Å². The minimum atomic E-state index is -0.636. The molecule has 0 radical (unpaired) electrons. The van der Waals surface area contributed by atoms with Gasteiger partial charge in [-0.3, -0.25) is 0 Å². The van der Waals surface area contributed by atoms with E-state index in [2.05, 4.69) is 6.92 Å². The number of aryl methyl sites for hydroxylation is 1. The Bertz CT molecular complexity index is 777. The average molecular weight is 360 g/mol. The van der Waals surface area contributed by atoms with Gasteiger partial charge in [0.25, 0.3) is 0 Å². The van der Waals surface area contributed by atoms with Crippen LogP contribution in [0.25, 0.3) is 10.8 Å². The van der Waals surface area contributed by atoms with E-state index < -0.39 is 11.4 Å². The fraction of sp³-hybridized carbons (Fsp3) is 0.500. The number of ether oxygens (including phenoxy) is 1. The Morgan fingerprint density at radius 3 is 2.69 bits per heavy atom. The van der Waals surface area contributed by atoms with Crippen LogP contribution in [0.3, 0.4) is 0 Å². The minimum Gasteiger partial charge on any atom is -0.490 e. The van der Waals surface area contributed by atoms with Gasteiger partial charge in [-0.15, -0.1) is 0 Å². The summed E-state index contributed by atoms with van der Waals surface area (Å²) in [5.41, 5.74) is -0.625. The number of hydrogen-bond donors (Lipinski definition) is 0. The molecule has 2 rings (SSSR count). The van der Waals surface area contributed by atoms with Crippen molar-refractivity contribution >= 4 is 10.8 Å². The highest BCUT2D eigenvalue weighted by Crippen LogP contribution is 2.25. The van der Waals surface area contributed by atoms with Gasteiger partial charge in [0.2, 0.25) is 0 Å². The predicted octanol–water partition coefficient (Wildman–Crippen LogP) is 6.18. The largest absolute Gasteiger partial charge is 0.490 e. The quantitative estimate of drug-likeness (QED) is 0.355. The summed E-state index contributed by atoms with van der Waals surface area (Å²) in [4.78, 5) is 12.2. The van der Waals surface area contributed by atoms with Crippen LogP contribution in [-0.2, 0) is 6.42 Å². The zero-order valence-corrected chi connectivity index (χ0v) is 15.9. The van der Waals surface area contributed by atoms with Gasteiger partial charge < -0.3 is 9.15 Å². The molecule has 142 valence electrons. The summed E-state index contributed by atoms with van der Waals surface area (Å²) in [6.45, 7) is 4.49. The van der Waals surface area contributed by atoms with Crippen LogP contribution in [0, 0.1) is 5.82 Å². The van der Waals surface area contributed by atoms with Gasteiger partial charge in [0.15, 0.2) is 11.6 Å². The van der Waals surface area contributed by atoms with E-state index in [0.717, 1.165) is 12.8 Å². The number of fused-ring (bicyclic) bond motifs is 1. The minimum absolute atomic E-state index is 0.0276. The monoisotopic (exact) mass is 360 g/mol. The van der Waals surface area contributed by atoms with Crippen LogP contribution in [0.4, 0.5) is 4.39 Å². The second kappa shape index (κ2) is 10.8. The Hall–Kier alpha value is -2.10. The normalized spacial score (nSPS) is 11.5. The Kier molecular flexibility index (Phi) is 8.39. The Labute approximate surface area is 154 Å². The maximum Gasteiger partial charge on any atom is 0.346 e. The summed E-state index contributed by atoms with van der Waals surface area (Å²) in [7, 11) is 0. The summed E-state index contributed by atoms with van der Waals surface area (Å²) < 4.78 is 25.4. The standard InChI is InChI=1S/C22H29FO3/c1-3-5-7-8-9-10-12-18-16-17-13-14-19(25-15-11-6-4-2)21(23)20(17)22(24)26-18/h4,6,13-14,16H,3,5,7-12,15H2,1-2H3/b6-4+. The number of rotatable bonds is 11. The van der Waals surface area contributed by atoms with Crippen LogP contribution >= 0.6 is 0 Å². The van der Waals surface area contributed by atoms with Gasteiger partial charge in [-0.25, -0.2) is 9.18 Å². The lowest BCUT2D eigenvalue weighted by atomic mass is 10.1. The third-order valence-corrected chi connectivity index (χ3v) is 4.44. The maximum absolute atomic E-state index is 14.6. The second-order valence-corrected chi connectivity index (χ2v) is 6.57. The topological polar surface area (TPSA) is 39.4 Å². The SMILES string of the molecule is C/C=C/CCOc1ccc2cc(CCCCCCCC)oc(=O)c2c1F. The first kappa shape index (κ1) is 20.2. The highest BCUT2D eigenvalue weighted by molar-refractivity contribution is 5.83. The Balaban J connectivity index is 2.05. The molecule has 1 aromatic carbocycles. The number of unbranched alkanes of at least 4 members (excludes halogenated alkanes) is 5. The molecule has 0 N–H and O–H groups in total. The van der Waals surface area contributed by atoms with Crippen molar-refractivity contribution in [3.05, 3.63) is 52.3 Å². The lowest BCUT2D eigenvalue weighted by Crippen LogP contribution is -2.07. The van der Waals surface area contributed by atoms with E-state index >= 15 is 0 Å². The van der Waals surface area contributed by atoms with Gasteiger partial charge in [-0.05, 0) is 37.3 Å². The lowest BCUT2D eigenvalue weighted by Gasteiger charge is -2.08. The Morgan fingerprint density at radius 1 is 1.15 bits per heavy atom. The van der Waals surface area contributed by atoms with E-state index in [9.17, 15) is 9.18 Å². The maximum atomic E-state index is 14.6. The molecular weight excluding hydrogens is 331 g/mol. The molecular formula is C22H29FO3. The van der Waals surface area contributed by atoms with Crippen LogP contribution < -0.4 is 10.4 Å². The molecule has 3 nitrogen and oxygen atoms in total. The molecule has 0 aliphatic heterocycles. The first-order valence-electron chi connectivity index (χ1n) is 9.66. The zero-order chi connectivity index (χ0) is 18.8. The fourth-order valence-corrected chi connectivity index (χ4v) is 2.99. The van der Waals surface area contributed by atoms with Gasteiger partial charge >= 0.3 is 5.63 Å². The average Bonchev–Trinajstić information content (AvgIpc) is 2.63. The zero-order valence-electron chi connectivity index (χ0n) is 15.9. The molecule has 1 aromatic heterocycles. The van der Waals surface area contributed by atoms with E-state index in [0.29, 0.717) is 30.6 Å². The van der Waals surface area contributed by atoms with Crippen molar-refractivity contribution < 1.29 is 13.5 Å². The van der Waals surface area contributed by atoms with Gasteiger partial charge in [-0.1, -0.05) is 57.2 Å². The molecule has 0 amide bonds. The number of benzene rings is 1. The van der Waals surface area contributed by atoms with Crippen molar-refractivity contribution in [1.82, 2.24) is 0 Å². The summed E-state index contributed by atoms with van der Waals surface area (Å²) in [5, 5.41) is 0.542. The summed E-state index contributed by atoms with van der Waals surface area (Å²) in [6.07, 6.45) is 12.3. The van der Waals surface area contributed by atoms with Gasteiger partial charge in [0, 0.05) is 6.42 Å². The first-order valence-corrected chi connectivity index (χ1v) is 9.66. The van der Waals surface area contributed by atoms with Crippen LogP contribution in [0.5, 0.6) is 5.75 Å². The van der Waals surface area contributed by atoms with Crippen LogP contribution in [0.15, 0.2) is 39.6 Å². The molecule has 26 heavy (non-hydrogen) atoms. The number of halogens is 1. The molecule has 0 bridgehead atoms. The summed E-state index contributed by atoms with van der Waals surface area (Å²) in [5.74, 6) is 0.0833. The van der Waals surface area contributed by atoms with Crippen molar-refractivity contribution in [2.24, 2.45) is 0 Å². The molecule has 0 saturated carbocycles. The predicted molar refractivity (Wildman–Crippen MR) is 104 cm³/mol. The third kappa shape index (κ3) is 5.72. The van der Waals surface area contributed by atoms with E-state index in [4.69, 9.17) is 9.15 Å². The van der Waals surface area contributed by atoms with Crippen LogP contribution in [-0.4, -0.2) is 6.61 Å². The van der Waals surface area contributed by atoms with E-state index in [1.165, 1.54) is 25.7 Å². The van der Waals surface area contributed by atoms with Gasteiger partial charge in [0.05, 0.1) is 6.61 Å². The number of allylic oxidation sites excluding steroid dienone is 1. The fourth-order valence-electron chi connectivity index (χ4n) is 2.99. The van der Waals surface area contributed by atoms with E-state index in [1.807, 2.05) is 19.1 Å². The molecule has 0 aliphatic carbocycles.